The number of nitrogens with zero attached hydrogens (tertiary/aromatic N) is 3. The van der Waals surface area contributed by atoms with Crippen molar-refractivity contribution in [2.75, 3.05) is 0 Å². The van der Waals surface area contributed by atoms with E-state index in [4.69, 9.17) is 58.0 Å². The van der Waals surface area contributed by atoms with Crippen LogP contribution in [0.3, 0.4) is 0 Å². The maximum atomic E-state index is 13.7. The molecule has 1 aromatic rings. The van der Waals surface area contributed by atoms with Crippen LogP contribution >= 0.6 is 58.0 Å². The Morgan fingerprint density at radius 2 is 1.52 bits per heavy atom. The Balaban J connectivity index is 3.60. The fourth-order valence-electron chi connectivity index (χ4n) is 1.57. The molecule has 0 bridgehead atoms. The number of unbranched alkanes of at least 4 members (excludes halogenated alkanes) is 1. The molecule has 13 heteroatoms. The van der Waals surface area contributed by atoms with Crippen LogP contribution in [-0.4, -0.2) is 25.0 Å². The van der Waals surface area contributed by atoms with Crippen LogP contribution in [0, 0.1) is 0 Å². The van der Waals surface area contributed by atoms with Crippen molar-refractivity contribution in [3.05, 3.63) is 11.4 Å². The molecule has 0 fully saturated rings. The molecule has 0 aliphatic carbocycles. The van der Waals surface area contributed by atoms with E-state index in [0.717, 1.165) is 0 Å². The molecule has 0 radical (unpaired) electrons. The molecule has 0 saturated heterocycles. The Labute approximate surface area is 152 Å². The Morgan fingerprint density at radius 1 is 1.00 bits per heavy atom. The van der Waals surface area contributed by atoms with Crippen LogP contribution < -0.4 is 0 Å². The molecule has 1 aromatic heterocycles. The summed E-state index contributed by atoms with van der Waals surface area (Å²) in [5.74, 6) is -5.38. The summed E-state index contributed by atoms with van der Waals surface area (Å²) >= 11 is 28.2. The minimum atomic E-state index is -5.95. The SMILES string of the molecule is CCCCn1nnc(C(F)(F)C(F)(F)F)c1C(Cl)(Cl)C(Cl)(Cl)Cl. The van der Waals surface area contributed by atoms with E-state index >= 15 is 0 Å². The minimum Gasteiger partial charge on any atom is -0.246 e. The monoisotopic (exact) mass is 441 g/mol. The topological polar surface area (TPSA) is 30.7 Å². The third kappa shape index (κ3) is 4.08. The van der Waals surface area contributed by atoms with Crippen LogP contribution in [0.5, 0.6) is 0 Å². The first-order valence-electron chi connectivity index (χ1n) is 6.01. The van der Waals surface area contributed by atoms with Gasteiger partial charge >= 0.3 is 12.1 Å². The van der Waals surface area contributed by atoms with E-state index in [1.807, 2.05) is 0 Å². The lowest BCUT2D eigenvalue weighted by atomic mass is 10.1. The van der Waals surface area contributed by atoms with E-state index in [1.165, 1.54) is 0 Å². The molecule has 0 aromatic carbocycles. The summed E-state index contributed by atoms with van der Waals surface area (Å²) in [6.45, 7) is 1.67. The molecule has 1 heterocycles. The number of rotatable bonds is 5. The molecule has 3 nitrogen and oxygen atoms in total. The Hall–Kier alpha value is 0.240. The molecule has 1 rings (SSSR count). The second kappa shape index (κ2) is 6.86. The zero-order valence-corrected chi connectivity index (χ0v) is 15.0. The zero-order valence-electron chi connectivity index (χ0n) is 11.2. The van der Waals surface area contributed by atoms with Gasteiger partial charge in [-0.25, -0.2) is 4.68 Å². The summed E-state index contributed by atoms with van der Waals surface area (Å²) in [6, 6.07) is 0. The molecule has 134 valence electrons. The molecule has 0 aliphatic heterocycles. The van der Waals surface area contributed by atoms with Crippen molar-refractivity contribution in [2.45, 2.75) is 46.5 Å². The van der Waals surface area contributed by atoms with Crippen LogP contribution in [0.2, 0.25) is 0 Å². The van der Waals surface area contributed by atoms with E-state index in [1.54, 1.807) is 6.92 Å². The van der Waals surface area contributed by atoms with Crippen molar-refractivity contribution < 1.29 is 22.0 Å². The van der Waals surface area contributed by atoms with Crippen LogP contribution in [0.15, 0.2) is 0 Å². The highest BCUT2D eigenvalue weighted by Crippen LogP contribution is 2.56. The number of aryl methyl sites for hydroxylation is 1. The van der Waals surface area contributed by atoms with E-state index in [9.17, 15) is 22.0 Å². The summed E-state index contributed by atoms with van der Waals surface area (Å²) in [5, 5.41) is 6.14. The maximum Gasteiger partial charge on any atom is 0.459 e. The van der Waals surface area contributed by atoms with Gasteiger partial charge in [0.2, 0.25) is 8.13 Å². The molecule has 0 atom stereocenters. The number of aromatic nitrogens is 3. The van der Waals surface area contributed by atoms with Crippen LogP contribution in [0.4, 0.5) is 22.0 Å². The molecule has 0 saturated carbocycles. The van der Waals surface area contributed by atoms with Gasteiger partial charge in [0.25, 0.3) is 0 Å². The van der Waals surface area contributed by atoms with Crippen LogP contribution in [0.25, 0.3) is 0 Å². The van der Waals surface area contributed by atoms with E-state index in [0.29, 0.717) is 17.5 Å². The van der Waals surface area contributed by atoms with Gasteiger partial charge in [-0.3, -0.25) is 0 Å². The second-order valence-electron chi connectivity index (χ2n) is 4.51. The average molecular weight is 443 g/mol. The maximum absolute atomic E-state index is 13.7. The Morgan fingerprint density at radius 3 is 1.91 bits per heavy atom. The van der Waals surface area contributed by atoms with Gasteiger partial charge in [0, 0.05) is 6.54 Å². The van der Waals surface area contributed by atoms with Crippen LogP contribution in [-0.2, 0) is 16.8 Å². The van der Waals surface area contributed by atoms with Crippen molar-refractivity contribution in [1.29, 1.82) is 0 Å². The molecular weight excluding hydrogens is 434 g/mol. The van der Waals surface area contributed by atoms with Gasteiger partial charge in [-0.05, 0) is 6.42 Å². The zero-order chi connectivity index (χ0) is 18.3. The molecule has 0 unspecified atom stereocenters. The van der Waals surface area contributed by atoms with Gasteiger partial charge in [0.05, 0.1) is 0 Å². The Bertz CT molecular complexity index is 552. The Kier molecular flexibility index (Phi) is 6.35. The third-order valence-corrected chi connectivity index (χ3v) is 5.12. The largest absolute Gasteiger partial charge is 0.459 e. The van der Waals surface area contributed by atoms with Crippen molar-refractivity contribution in [3.63, 3.8) is 0 Å². The quantitative estimate of drug-likeness (QED) is 0.430. The van der Waals surface area contributed by atoms with Gasteiger partial charge in [-0.1, -0.05) is 76.6 Å². The fraction of sp³-hybridized carbons (Fsp3) is 0.800. The predicted octanol–water partition coefficient (Wildman–Crippen LogP) is 5.73. The average Bonchev–Trinajstić information content (AvgIpc) is 2.78. The molecule has 23 heavy (non-hydrogen) atoms. The van der Waals surface area contributed by atoms with Gasteiger partial charge < -0.3 is 0 Å². The number of hydrogen-bond donors (Lipinski definition) is 0. The lowest BCUT2D eigenvalue weighted by molar-refractivity contribution is -0.291. The normalized spacial score (nSPS) is 14.4. The van der Waals surface area contributed by atoms with Crippen molar-refractivity contribution >= 4 is 58.0 Å². The van der Waals surface area contributed by atoms with Gasteiger partial charge in [-0.15, -0.1) is 5.10 Å². The van der Waals surface area contributed by atoms with Crippen molar-refractivity contribution in [2.24, 2.45) is 0 Å². The van der Waals surface area contributed by atoms with E-state index < -0.39 is 31.6 Å². The predicted molar refractivity (Wildman–Crippen MR) is 78.6 cm³/mol. The van der Waals surface area contributed by atoms with E-state index in [-0.39, 0.29) is 6.54 Å². The highest BCUT2D eigenvalue weighted by Gasteiger charge is 2.65. The summed E-state index contributed by atoms with van der Waals surface area (Å²) in [6.07, 6.45) is -5.00. The van der Waals surface area contributed by atoms with Gasteiger partial charge in [0.15, 0.2) is 5.69 Å². The first-order valence-corrected chi connectivity index (χ1v) is 7.90. The summed E-state index contributed by atoms with van der Waals surface area (Å²) in [4.78, 5) is 0. The highest BCUT2D eigenvalue weighted by molar-refractivity contribution is 6.75. The smallest absolute Gasteiger partial charge is 0.246 e. The summed E-state index contributed by atoms with van der Waals surface area (Å²) < 4.78 is 60.6. The molecule has 0 N–H and O–H groups in total. The molecular formula is C10H9Cl5F5N3. The number of hydrogen-bond acceptors (Lipinski definition) is 2. The lowest BCUT2D eigenvalue weighted by Crippen LogP contribution is -2.39. The third-order valence-electron chi connectivity index (χ3n) is 2.77. The number of alkyl halides is 10. The fourth-order valence-corrected chi connectivity index (χ4v) is 2.21. The number of halogens is 10. The molecule has 0 aliphatic rings. The van der Waals surface area contributed by atoms with E-state index in [2.05, 4.69) is 10.3 Å². The molecule has 0 amide bonds. The van der Waals surface area contributed by atoms with Crippen molar-refractivity contribution in [1.82, 2.24) is 15.0 Å². The standard InChI is InChI=1S/C10H9Cl5F5N3/c1-2-3-4-23-6(7(11,12)9(13,14)15)5(21-22-23)8(16,17)10(18,19)20/h2-4H2,1H3. The highest BCUT2D eigenvalue weighted by atomic mass is 35.6. The van der Waals surface area contributed by atoms with Crippen molar-refractivity contribution in [3.8, 4) is 0 Å². The molecule has 0 spiro atoms. The summed E-state index contributed by atoms with van der Waals surface area (Å²) in [5.41, 5.74) is -2.82. The van der Waals surface area contributed by atoms with Gasteiger partial charge in [0.1, 0.15) is 5.69 Å². The van der Waals surface area contributed by atoms with Gasteiger partial charge in [-0.2, -0.15) is 22.0 Å². The second-order valence-corrected chi connectivity index (χ2v) is 8.12. The summed E-state index contributed by atoms with van der Waals surface area (Å²) in [7, 11) is 0. The minimum absolute atomic E-state index is 0.0886. The van der Waals surface area contributed by atoms with Crippen LogP contribution in [0.1, 0.15) is 31.2 Å². The first kappa shape index (κ1) is 21.3. The first-order chi connectivity index (χ1) is 10.2. The lowest BCUT2D eigenvalue weighted by Gasteiger charge is -2.30.